The van der Waals surface area contributed by atoms with Crippen LogP contribution in [0.4, 0.5) is 5.69 Å². The molecular weight excluding hydrogens is 382 g/mol. The summed E-state index contributed by atoms with van der Waals surface area (Å²) in [5.41, 5.74) is 3.23. The number of fused-ring (bicyclic) bond motifs is 2. The molecular formula is C22H21N5O3. The van der Waals surface area contributed by atoms with Crippen LogP contribution in [-0.2, 0) is 0 Å². The topological polar surface area (TPSA) is 97.2 Å². The van der Waals surface area contributed by atoms with E-state index in [1.807, 2.05) is 24.6 Å². The first kappa shape index (κ1) is 18.5. The maximum atomic E-state index is 13.2. The maximum absolute atomic E-state index is 13.2. The number of aromatic nitrogens is 3. The van der Waals surface area contributed by atoms with Crippen LogP contribution < -0.4 is 5.32 Å². The predicted molar refractivity (Wildman–Crippen MR) is 111 cm³/mol. The van der Waals surface area contributed by atoms with Gasteiger partial charge in [0.25, 0.3) is 17.7 Å². The number of carbonyl (C=O) groups excluding carboxylic acids is 3. The van der Waals surface area contributed by atoms with E-state index in [-0.39, 0.29) is 23.8 Å². The van der Waals surface area contributed by atoms with Crippen molar-refractivity contribution in [2.75, 3.05) is 12.4 Å². The van der Waals surface area contributed by atoms with E-state index in [1.165, 1.54) is 7.05 Å². The summed E-state index contributed by atoms with van der Waals surface area (Å²) in [6.07, 6.45) is 3.82. The van der Waals surface area contributed by atoms with Gasteiger partial charge < -0.3 is 5.32 Å². The van der Waals surface area contributed by atoms with Gasteiger partial charge in [0.05, 0.1) is 28.3 Å². The van der Waals surface area contributed by atoms with E-state index in [0.717, 1.165) is 23.4 Å². The van der Waals surface area contributed by atoms with Crippen LogP contribution in [0.2, 0.25) is 0 Å². The number of nitrogens with zero attached hydrogens (tertiary/aromatic N) is 4. The molecule has 0 spiro atoms. The van der Waals surface area contributed by atoms with Crippen molar-refractivity contribution < 1.29 is 14.4 Å². The number of benzene rings is 1. The molecule has 8 nitrogen and oxygen atoms in total. The number of nitrogens with one attached hydrogen (secondary N) is 1. The standard InChI is InChI=1S/C22H21N5O3/c1-11(2)27-19-17(10-23-27)15(9-18(25-19)12-4-5-12)20(28)24-13-6-7-14-16(8-13)22(30)26(3)21(14)29/h6-12H,4-5H2,1-3H3,(H,24,28). The Labute approximate surface area is 172 Å². The van der Waals surface area contributed by atoms with E-state index >= 15 is 0 Å². The van der Waals surface area contributed by atoms with Gasteiger partial charge in [-0.15, -0.1) is 0 Å². The van der Waals surface area contributed by atoms with Gasteiger partial charge in [0, 0.05) is 30.4 Å². The number of carbonyl (C=O) groups is 3. The Morgan fingerprint density at radius 3 is 2.57 bits per heavy atom. The third kappa shape index (κ3) is 2.79. The summed E-state index contributed by atoms with van der Waals surface area (Å²) in [6.45, 7) is 4.05. The molecule has 0 saturated heterocycles. The first-order chi connectivity index (χ1) is 14.3. The van der Waals surface area contributed by atoms with Crippen molar-refractivity contribution in [3.05, 3.63) is 52.8 Å². The molecule has 2 aromatic heterocycles. The fraction of sp³-hybridized carbons (Fsp3) is 0.318. The van der Waals surface area contributed by atoms with E-state index in [9.17, 15) is 14.4 Å². The maximum Gasteiger partial charge on any atom is 0.261 e. The van der Waals surface area contributed by atoms with Gasteiger partial charge in [0.2, 0.25) is 0 Å². The molecule has 1 aliphatic heterocycles. The van der Waals surface area contributed by atoms with Crippen molar-refractivity contribution in [2.24, 2.45) is 0 Å². The molecule has 1 fully saturated rings. The third-order valence-electron chi connectivity index (χ3n) is 5.66. The van der Waals surface area contributed by atoms with E-state index in [0.29, 0.717) is 39.3 Å². The molecule has 1 aromatic carbocycles. The van der Waals surface area contributed by atoms with Crippen molar-refractivity contribution in [2.45, 2.75) is 38.6 Å². The summed E-state index contributed by atoms with van der Waals surface area (Å²) < 4.78 is 1.83. The van der Waals surface area contributed by atoms with Crippen LogP contribution >= 0.6 is 0 Å². The number of hydrogen-bond donors (Lipinski definition) is 1. The number of hydrogen-bond acceptors (Lipinski definition) is 5. The van der Waals surface area contributed by atoms with Crippen LogP contribution in [0.5, 0.6) is 0 Å². The number of amides is 3. The normalized spacial score (nSPS) is 15.9. The van der Waals surface area contributed by atoms with Gasteiger partial charge in [0.15, 0.2) is 5.65 Å². The molecule has 0 radical (unpaired) electrons. The highest BCUT2D eigenvalue weighted by atomic mass is 16.2. The zero-order chi connectivity index (χ0) is 21.2. The lowest BCUT2D eigenvalue weighted by Gasteiger charge is -2.11. The highest BCUT2D eigenvalue weighted by Gasteiger charge is 2.33. The summed E-state index contributed by atoms with van der Waals surface area (Å²) in [5.74, 6) is -0.612. The van der Waals surface area contributed by atoms with Crippen molar-refractivity contribution in [1.29, 1.82) is 0 Å². The lowest BCUT2D eigenvalue weighted by atomic mass is 10.1. The van der Waals surface area contributed by atoms with Crippen LogP contribution in [0, 0.1) is 0 Å². The van der Waals surface area contributed by atoms with Crippen LogP contribution in [0.15, 0.2) is 30.5 Å². The Bertz CT molecular complexity index is 1240. The minimum absolute atomic E-state index is 0.123. The number of imide groups is 1. The van der Waals surface area contributed by atoms with E-state index in [1.54, 1.807) is 24.4 Å². The highest BCUT2D eigenvalue weighted by Crippen LogP contribution is 2.40. The number of pyridine rings is 1. The Hall–Kier alpha value is -3.55. The molecule has 2 aliphatic rings. The second-order valence-electron chi connectivity index (χ2n) is 8.17. The van der Waals surface area contributed by atoms with Gasteiger partial charge in [-0.2, -0.15) is 5.10 Å². The molecule has 1 N–H and O–H groups in total. The molecule has 8 heteroatoms. The molecule has 3 heterocycles. The van der Waals surface area contributed by atoms with Crippen molar-refractivity contribution in [1.82, 2.24) is 19.7 Å². The lowest BCUT2D eigenvalue weighted by molar-refractivity contribution is 0.0692. The van der Waals surface area contributed by atoms with Gasteiger partial charge in [-0.3, -0.25) is 19.3 Å². The number of rotatable bonds is 4. The molecule has 0 bridgehead atoms. The molecule has 3 aromatic rings. The van der Waals surface area contributed by atoms with Crippen molar-refractivity contribution >= 4 is 34.4 Å². The Morgan fingerprint density at radius 2 is 1.87 bits per heavy atom. The van der Waals surface area contributed by atoms with Crippen LogP contribution in [0.1, 0.15) is 75.4 Å². The number of anilines is 1. The summed E-state index contributed by atoms with van der Waals surface area (Å²) in [6, 6.07) is 6.73. The van der Waals surface area contributed by atoms with Crippen LogP contribution in [-0.4, -0.2) is 44.4 Å². The monoisotopic (exact) mass is 403 g/mol. The summed E-state index contributed by atoms with van der Waals surface area (Å²) in [4.78, 5) is 43.4. The van der Waals surface area contributed by atoms with E-state index in [2.05, 4.69) is 10.4 Å². The first-order valence-electron chi connectivity index (χ1n) is 10.0. The highest BCUT2D eigenvalue weighted by molar-refractivity contribution is 6.22. The van der Waals surface area contributed by atoms with Crippen LogP contribution in [0.3, 0.4) is 0 Å². The molecule has 152 valence electrons. The first-order valence-corrected chi connectivity index (χ1v) is 10.0. The average molecular weight is 403 g/mol. The molecule has 0 atom stereocenters. The quantitative estimate of drug-likeness (QED) is 0.674. The van der Waals surface area contributed by atoms with Gasteiger partial charge in [-0.25, -0.2) is 9.67 Å². The molecule has 0 unspecified atom stereocenters. The fourth-order valence-electron chi connectivity index (χ4n) is 3.83. The van der Waals surface area contributed by atoms with Gasteiger partial charge in [0.1, 0.15) is 0 Å². The van der Waals surface area contributed by atoms with Crippen molar-refractivity contribution in [3.8, 4) is 0 Å². The smallest absolute Gasteiger partial charge is 0.261 e. The average Bonchev–Trinajstić information content (AvgIpc) is 3.45. The minimum atomic E-state index is -0.369. The fourth-order valence-corrected chi connectivity index (χ4v) is 3.83. The summed E-state index contributed by atoms with van der Waals surface area (Å²) in [7, 11) is 1.45. The lowest BCUT2D eigenvalue weighted by Crippen LogP contribution is -2.24. The summed E-state index contributed by atoms with van der Waals surface area (Å²) in [5, 5.41) is 7.99. The van der Waals surface area contributed by atoms with E-state index < -0.39 is 0 Å². The predicted octanol–water partition coefficient (Wildman–Crippen LogP) is 3.37. The summed E-state index contributed by atoms with van der Waals surface area (Å²) >= 11 is 0. The Balaban J connectivity index is 1.53. The SMILES string of the molecule is CC(C)n1ncc2c(C(=O)Nc3ccc4c(c3)C(=O)N(C)C4=O)cc(C3CC3)nc21. The minimum Gasteiger partial charge on any atom is -0.322 e. The second kappa shape index (κ2) is 6.48. The molecule has 1 saturated carbocycles. The third-order valence-corrected chi connectivity index (χ3v) is 5.66. The zero-order valence-corrected chi connectivity index (χ0v) is 17.0. The Kier molecular flexibility index (Phi) is 3.99. The van der Waals surface area contributed by atoms with Crippen molar-refractivity contribution in [3.63, 3.8) is 0 Å². The molecule has 5 rings (SSSR count). The van der Waals surface area contributed by atoms with Gasteiger partial charge in [-0.05, 0) is 51.0 Å². The molecule has 1 aliphatic carbocycles. The van der Waals surface area contributed by atoms with Gasteiger partial charge >= 0.3 is 0 Å². The van der Waals surface area contributed by atoms with Crippen LogP contribution in [0.25, 0.3) is 11.0 Å². The zero-order valence-electron chi connectivity index (χ0n) is 17.0. The second-order valence-corrected chi connectivity index (χ2v) is 8.17. The Morgan fingerprint density at radius 1 is 1.13 bits per heavy atom. The largest absolute Gasteiger partial charge is 0.322 e. The van der Waals surface area contributed by atoms with E-state index in [4.69, 9.17) is 4.98 Å². The van der Waals surface area contributed by atoms with Gasteiger partial charge in [-0.1, -0.05) is 0 Å². The molecule has 30 heavy (non-hydrogen) atoms. The molecule has 3 amide bonds.